The molecule has 0 radical (unpaired) electrons. The van der Waals surface area contributed by atoms with E-state index in [-0.39, 0.29) is 11.5 Å². The maximum atomic E-state index is 5.81. The molecule has 1 aromatic heterocycles. The van der Waals surface area contributed by atoms with E-state index in [4.69, 9.17) is 10.2 Å². The van der Waals surface area contributed by atoms with Gasteiger partial charge in [-0.15, -0.1) is 0 Å². The number of hydrogen-bond acceptors (Lipinski definition) is 2. The van der Waals surface area contributed by atoms with Crippen LogP contribution < -0.4 is 5.73 Å². The maximum Gasteiger partial charge on any atom is 0.134 e. The maximum absolute atomic E-state index is 5.81. The normalized spacial score (nSPS) is 14.3. The quantitative estimate of drug-likeness (QED) is 0.790. The minimum absolute atomic E-state index is 0.0505. The van der Waals surface area contributed by atoms with E-state index in [1.54, 1.807) is 0 Å². The largest absolute Gasteiger partial charge is 0.459 e. The molecule has 1 atom stereocenters. The van der Waals surface area contributed by atoms with Crippen molar-refractivity contribution in [3.8, 4) is 0 Å². The second kappa shape index (κ2) is 3.63. The molecule has 1 heterocycles. The predicted molar refractivity (Wildman–Crippen MR) is 67.5 cm³/mol. The van der Waals surface area contributed by atoms with Gasteiger partial charge in [-0.25, -0.2) is 0 Å². The van der Waals surface area contributed by atoms with Gasteiger partial charge in [0.2, 0.25) is 0 Å². The van der Waals surface area contributed by atoms with Crippen molar-refractivity contribution in [2.24, 2.45) is 5.73 Å². The molecule has 2 rings (SSSR count). The van der Waals surface area contributed by atoms with Crippen LogP contribution in [0, 0.1) is 0 Å². The molecule has 0 bridgehead atoms. The van der Waals surface area contributed by atoms with Crippen molar-refractivity contribution in [1.82, 2.24) is 0 Å². The number of fused-ring (bicyclic) bond motifs is 1. The Hall–Kier alpha value is -1.28. The van der Waals surface area contributed by atoms with E-state index in [2.05, 4.69) is 32.9 Å². The summed E-state index contributed by atoms with van der Waals surface area (Å²) in [6, 6.07) is 8.32. The lowest BCUT2D eigenvalue weighted by Gasteiger charge is -2.18. The minimum atomic E-state index is -0.0505. The lowest BCUT2D eigenvalue weighted by Crippen LogP contribution is -2.10. The Morgan fingerprint density at radius 1 is 1.19 bits per heavy atom. The van der Waals surface area contributed by atoms with Crippen molar-refractivity contribution in [2.75, 3.05) is 0 Å². The summed E-state index contributed by atoms with van der Waals surface area (Å²) in [6.45, 7) is 8.56. The molecule has 0 spiro atoms. The fraction of sp³-hybridized carbons (Fsp3) is 0.429. The molecule has 2 nitrogen and oxygen atoms in total. The first-order valence-corrected chi connectivity index (χ1v) is 5.67. The van der Waals surface area contributed by atoms with Gasteiger partial charge in [0, 0.05) is 5.39 Å². The van der Waals surface area contributed by atoms with Crippen LogP contribution in [0.1, 0.15) is 45.1 Å². The fourth-order valence-corrected chi connectivity index (χ4v) is 1.75. The average molecular weight is 217 g/mol. The van der Waals surface area contributed by atoms with Crippen LogP contribution in [0.3, 0.4) is 0 Å². The van der Waals surface area contributed by atoms with E-state index < -0.39 is 0 Å². The Balaban J connectivity index is 2.54. The highest BCUT2D eigenvalue weighted by Gasteiger charge is 2.15. The number of nitrogens with two attached hydrogens (primary N) is 1. The first-order valence-electron chi connectivity index (χ1n) is 5.67. The Kier molecular flexibility index (Phi) is 2.55. The van der Waals surface area contributed by atoms with Gasteiger partial charge >= 0.3 is 0 Å². The molecular weight excluding hydrogens is 198 g/mol. The van der Waals surface area contributed by atoms with Gasteiger partial charge in [0.05, 0.1) is 6.04 Å². The van der Waals surface area contributed by atoms with Gasteiger partial charge in [-0.2, -0.15) is 0 Å². The highest BCUT2D eigenvalue weighted by molar-refractivity contribution is 5.79. The molecular formula is C14H19NO. The van der Waals surface area contributed by atoms with Crippen LogP contribution in [0.4, 0.5) is 0 Å². The van der Waals surface area contributed by atoms with Gasteiger partial charge < -0.3 is 10.2 Å². The molecule has 1 unspecified atom stereocenters. The number of hydrogen-bond donors (Lipinski definition) is 1. The standard InChI is InChI=1S/C14H19NO/c1-9(15)13-8-10-7-11(14(2,3)4)5-6-12(10)16-13/h5-9H,15H2,1-4H3. The van der Waals surface area contributed by atoms with E-state index >= 15 is 0 Å². The molecule has 0 saturated carbocycles. The highest BCUT2D eigenvalue weighted by atomic mass is 16.3. The number of benzene rings is 1. The third-order valence-electron chi connectivity index (χ3n) is 2.85. The molecule has 2 N–H and O–H groups in total. The molecule has 2 heteroatoms. The lowest BCUT2D eigenvalue weighted by atomic mass is 9.86. The Labute approximate surface area is 96.4 Å². The van der Waals surface area contributed by atoms with Gasteiger partial charge in [0.1, 0.15) is 11.3 Å². The summed E-state index contributed by atoms with van der Waals surface area (Å²) in [5, 5.41) is 1.14. The molecule has 86 valence electrons. The summed E-state index contributed by atoms with van der Waals surface area (Å²) in [7, 11) is 0. The first kappa shape index (κ1) is 11.2. The molecule has 1 aromatic carbocycles. The van der Waals surface area contributed by atoms with Crippen molar-refractivity contribution in [1.29, 1.82) is 0 Å². The summed E-state index contributed by atoms with van der Waals surface area (Å²) in [5.74, 6) is 0.848. The van der Waals surface area contributed by atoms with E-state index in [1.165, 1.54) is 5.56 Å². The Morgan fingerprint density at radius 3 is 2.44 bits per heavy atom. The molecule has 0 aliphatic heterocycles. The third kappa shape index (κ3) is 1.98. The van der Waals surface area contributed by atoms with E-state index in [0.29, 0.717) is 0 Å². The van der Waals surface area contributed by atoms with Crippen LogP contribution >= 0.6 is 0 Å². The summed E-state index contributed by atoms with van der Waals surface area (Å²) >= 11 is 0. The van der Waals surface area contributed by atoms with Crippen LogP contribution in [0.5, 0.6) is 0 Å². The van der Waals surface area contributed by atoms with Crippen molar-refractivity contribution >= 4 is 11.0 Å². The van der Waals surface area contributed by atoms with Crippen LogP contribution in [-0.4, -0.2) is 0 Å². The monoisotopic (exact) mass is 217 g/mol. The Bertz CT molecular complexity index is 503. The smallest absolute Gasteiger partial charge is 0.134 e. The van der Waals surface area contributed by atoms with Crippen LogP contribution in [-0.2, 0) is 5.41 Å². The van der Waals surface area contributed by atoms with Crippen molar-refractivity contribution < 1.29 is 4.42 Å². The predicted octanol–water partition coefficient (Wildman–Crippen LogP) is 3.75. The Morgan fingerprint density at radius 2 is 1.88 bits per heavy atom. The molecule has 0 aliphatic rings. The molecule has 0 aliphatic carbocycles. The fourth-order valence-electron chi connectivity index (χ4n) is 1.75. The van der Waals surface area contributed by atoms with Gasteiger partial charge in [-0.3, -0.25) is 0 Å². The van der Waals surface area contributed by atoms with Crippen molar-refractivity contribution in [3.05, 3.63) is 35.6 Å². The van der Waals surface area contributed by atoms with Gasteiger partial charge in [0.25, 0.3) is 0 Å². The van der Waals surface area contributed by atoms with Crippen LogP contribution in [0.2, 0.25) is 0 Å². The highest BCUT2D eigenvalue weighted by Crippen LogP contribution is 2.29. The van der Waals surface area contributed by atoms with E-state index in [0.717, 1.165) is 16.7 Å². The number of rotatable bonds is 1. The van der Waals surface area contributed by atoms with Crippen LogP contribution in [0.25, 0.3) is 11.0 Å². The third-order valence-corrected chi connectivity index (χ3v) is 2.85. The van der Waals surface area contributed by atoms with Crippen molar-refractivity contribution in [2.45, 2.75) is 39.2 Å². The zero-order valence-electron chi connectivity index (χ0n) is 10.4. The minimum Gasteiger partial charge on any atom is -0.459 e. The van der Waals surface area contributed by atoms with E-state index in [9.17, 15) is 0 Å². The second-order valence-electron chi connectivity index (χ2n) is 5.44. The topological polar surface area (TPSA) is 39.2 Å². The van der Waals surface area contributed by atoms with Crippen LogP contribution in [0.15, 0.2) is 28.7 Å². The molecule has 0 saturated heterocycles. The lowest BCUT2D eigenvalue weighted by molar-refractivity contribution is 0.513. The second-order valence-corrected chi connectivity index (χ2v) is 5.44. The molecule has 0 fully saturated rings. The number of furan rings is 1. The summed E-state index contributed by atoms with van der Waals surface area (Å²) in [6.07, 6.45) is 0. The SMILES string of the molecule is CC(N)c1cc2cc(C(C)(C)C)ccc2o1. The zero-order valence-corrected chi connectivity index (χ0v) is 10.4. The van der Waals surface area contributed by atoms with Gasteiger partial charge in [-0.05, 0) is 36.1 Å². The average Bonchev–Trinajstić information content (AvgIpc) is 2.58. The molecule has 0 amide bonds. The van der Waals surface area contributed by atoms with E-state index in [1.807, 2.05) is 19.1 Å². The van der Waals surface area contributed by atoms with Gasteiger partial charge in [0.15, 0.2) is 0 Å². The van der Waals surface area contributed by atoms with Gasteiger partial charge in [-0.1, -0.05) is 26.8 Å². The molecule has 16 heavy (non-hydrogen) atoms. The first-order chi connectivity index (χ1) is 7.38. The summed E-state index contributed by atoms with van der Waals surface area (Å²) in [5.41, 5.74) is 8.21. The zero-order chi connectivity index (χ0) is 11.9. The summed E-state index contributed by atoms with van der Waals surface area (Å²) in [4.78, 5) is 0. The summed E-state index contributed by atoms with van der Waals surface area (Å²) < 4.78 is 5.67. The van der Waals surface area contributed by atoms with Crippen molar-refractivity contribution in [3.63, 3.8) is 0 Å². The molecule has 2 aromatic rings.